The Kier molecular flexibility index (Phi) is 4.11. The summed E-state index contributed by atoms with van der Waals surface area (Å²) in [5, 5.41) is 21.1. The molecule has 0 atom stereocenters. The number of non-ortho nitro benzene ring substituents is 1. The highest BCUT2D eigenvalue weighted by Gasteiger charge is 2.16. The number of rotatable bonds is 5. The Morgan fingerprint density at radius 3 is 2.36 bits per heavy atom. The summed E-state index contributed by atoms with van der Waals surface area (Å²) in [5.74, 6) is -0.688. The fourth-order valence-corrected chi connectivity index (χ4v) is 1.73. The predicted octanol–water partition coefficient (Wildman–Crippen LogP) is 1.36. The lowest BCUT2D eigenvalue weighted by Crippen LogP contribution is -2.29. The second-order valence-electron chi connectivity index (χ2n) is 4.39. The van der Waals surface area contributed by atoms with Crippen molar-refractivity contribution in [3.63, 3.8) is 0 Å². The highest BCUT2D eigenvalue weighted by molar-refractivity contribution is 5.92. The van der Waals surface area contributed by atoms with E-state index in [1.54, 1.807) is 0 Å². The van der Waals surface area contributed by atoms with Gasteiger partial charge < -0.3 is 19.6 Å². The van der Waals surface area contributed by atoms with Crippen molar-refractivity contribution >= 4 is 23.1 Å². The fraction of sp³-hybridized carbons (Fsp3) is 0.167. The Bertz CT molecular complexity index is 724. The molecule has 10 heteroatoms. The first-order valence-electron chi connectivity index (χ1n) is 6.05. The van der Waals surface area contributed by atoms with E-state index in [0.29, 0.717) is 5.69 Å². The van der Waals surface area contributed by atoms with Crippen LogP contribution in [0.2, 0.25) is 0 Å². The molecular formula is C12H11N5O5. The lowest BCUT2D eigenvalue weighted by Gasteiger charge is -2.17. The van der Waals surface area contributed by atoms with E-state index in [-0.39, 0.29) is 24.0 Å². The number of nitro benzene ring substituents is 1. The summed E-state index contributed by atoms with van der Waals surface area (Å²) in [4.78, 5) is 36.8. The van der Waals surface area contributed by atoms with E-state index in [1.165, 1.54) is 47.1 Å². The van der Waals surface area contributed by atoms with Gasteiger partial charge in [0.1, 0.15) is 12.7 Å². The van der Waals surface area contributed by atoms with Crippen LogP contribution in [0, 0.1) is 20.2 Å². The largest absolute Gasteiger partial charge is 0.381 e. The fourth-order valence-electron chi connectivity index (χ4n) is 1.73. The third kappa shape index (κ3) is 3.23. The van der Waals surface area contributed by atoms with Crippen LogP contribution in [0.5, 0.6) is 0 Å². The molecule has 0 spiro atoms. The molecule has 0 aliphatic heterocycles. The van der Waals surface area contributed by atoms with Crippen molar-refractivity contribution in [2.45, 2.75) is 6.54 Å². The summed E-state index contributed by atoms with van der Waals surface area (Å²) < 4.78 is 1.29. The van der Waals surface area contributed by atoms with Crippen LogP contribution in [0.15, 0.2) is 36.8 Å². The van der Waals surface area contributed by atoms with Crippen LogP contribution in [0.25, 0.3) is 0 Å². The molecule has 1 amide bonds. The highest BCUT2D eigenvalue weighted by atomic mass is 16.6. The van der Waals surface area contributed by atoms with E-state index in [9.17, 15) is 25.0 Å². The number of nitrogens with zero attached hydrogens (tertiary/aromatic N) is 5. The van der Waals surface area contributed by atoms with Gasteiger partial charge in [-0.05, 0) is 22.0 Å². The Morgan fingerprint density at radius 1 is 1.23 bits per heavy atom. The van der Waals surface area contributed by atoms with Gasteiger partial charge in [0, 0.05) is 24.9 Å². The van der Waals surface area contributed by atoms with Gasteiger partial charge in [-0.2, -0.15) is 0 Å². The van der Waals surface area contributed by atoms with Crippen molar-refractivity contribution in [1.29, 1.82) is 0 Å². The molecule has 1 aromatic heterocycles. The minimum atomic E-state index is -0.652. The number of aromatic nitrogens is 2. The van der Waals surface area contributed by atoms with Gasteiger partial charge >= 0.3 is 5.82 Å². The quantitative estimate of drug-likeness (QED) is 0.606. The number of benzene rings is 1. The van der Waals surface area contributed by atoms with Crippen LogP contribution >= 0.6 is 0 Å². The summed E-state index contributed by atoms with van der Waals surface area (Å²) in [6.45, 7) is -0.131. The van der Waals surface area contributed by atoms with Crippen LogP contribution in [-0.4, -0.2) is 32.4 Å². The summed E-state index contributed by atoms with van der Waals surface area (Å²) >= 11 is 0. The van der Waals surface area contributed by atoms with E-state index in [4.69, 9.17) is 0 Å². The zero-order chi connectivity index (χ0) is 16.3. The molecule has 2 aromatic rings. The summed E-state index contributed by atoms with van der Waals surface area (Å²) in [6, 6.07) is 5.49. The van der Waals surface area contributed by atoms with Gasteiger partial charge in [0.2, 0.25) is 12.2 Å². The molecule has 114 valence electrons. The predicted molar refractivity (Wildman–Crippen MR) is 75.4 cm³/mol. The minimum Gasteiger partial charge on any atom is -0.358 e. The van der Waals surface area contributed by atoms with Gasteiger partial charge in [-0.25, -0.2) is 0 Å². The molecule has 0 radical (unpaired) electrons. The monoisotopic (exact) mass is 305 g/mol. The first-order valence-corrected chi connectivity index (χ1v) is 6.05. The molecule has 0 aliphatic carbocycles. The standard InChI is InChI=1S/C12H11N5O5/c1-14(9-2-4-10(5-3-9)16(19)20)12(18)7-15-6-11(13-8-15)17(21)22/h2-6,8H,7H2,1H3. The Hall–Kier alpha value is -3.30. The number of likely N-dealkylation sites (N-methyl/N-ethyl adjacent to an activating group) is 1. The molecule has 0 bridgehead atoms. The third-order valence-corrected chi connectivity index (χ3v) is 2.95. The number of imidazole rings is 1. The van der Waals surface area contributed by atoms with Crippen molar-refractivity contribution in [3.8, 4) is 0 Å². The molecule has 1 heterocycles. The first-order chi connectivity index (χ1) is 10.4. The van der Waals surface area contributed by atoms with Crippen molar-refractivity contribution < 1.29 is 14.6 Å². The summed E-state index contributed by atoms with van der Waals surface area (Å²) in [6.07, 6.45) is 2.35. The maximum atomic E-state index is 12.1. The molecule has 22 heavy (non-hydrogen) atoms. The number of amides is 1. The van der Waals surface area contributed by atoms with Gasteiger partial charge in [0.05, 0.1) is 4.92 Å². The maximum absolute atomic E-state index is 12.1. The average Bonchev–Trinajstić information content (AvgIpc) is 2.95. The van der Waals surface area contributed by atoms with Crippen LogP contribution in [0.4, 0.5) is 17.2 Å². The van der Waals surface area contributed by atoms with Crippen LogP contribution in [0.3, 0.4) is 0 Å². The van der Waals surface area contributed by atoms with Crippen molar-refractivity contribution in [2.24, 2.45) is 0 Å². The van der Waals surface area contributed by atoms with Gasteiger partial charge in [0.25, 0.3) is 5.69 Å². The third-order valence-electron chi connectivity index (χ3n) is 2.95. The maximum Gasteiger partial charge on any atom is 0.381 e. The van der Waals surface area contributed by atoms with E-state index >= 15 is 0 Å². The Balaban J connectivity index is 2.07. The summed E-state index contributed by atoms with van der Waals surface area (Å²) in [7, 11) is 1.51. The molecule has 0 saturated heterocycles. The Labute approximate surface area is 123 Å². The molecule has 10 nitrogen and oxygen atoms in total. The smallest absolute Gasteiger partial charge is 0.358 e. The van der Waals surface area contributed by atoms with Crippen molar-refractivity contribution in [3.05, 3.63) is 57.0 Å². The van der Waals surface area contributed by atoms with Crippen molar-refractivity contribution in [2.75, 3.05) is 11.9 Å². The lowest BCUT2D eigenvalue weighted by molar-refractivity contribution is -0.389. The SMILES string of the molecule is CN(C(=O)Cn1cnc([N+](=O)[O-])c1)c1ccc([N+](=O)[O-])cc1. The van der Waals surface area contributed by atoms with Crippen molar-refractivity contribution in [1.82, 2.24) is 9.55 Å². The second kappa shape index (κ2) is 5.99. The van der Waals surface area contributed by atoms with Gasteiger partial charge in [-0.15, -0.1) is 0 Å². The molecule has 0 aliphatic rings. The molecule has 1 aromatic carbocycles. The number of nitro groups is 2. The molecule has 0 unspecified atom stereocenters. The number of carbonyl (C=O) groups is 1. The molecule has 0 fully saturated rings. The normalized spacial score (nSPS) is 10.2. The lowest BCUT2D eigenvalue weighted by atomic mass is 10.2. The topological polar surface area (TPSA) is 124 Å². The Morgan fingerprint density at radius 2 is 1.86 bits per heavy atom. The molecule has 2 rings (SSSR count). The van der Waals surface area contributed by atoms with E-state index in [1.807, 2.05) is 0 Å². The molecule has 0 saturated carbocycles. The summed E-state index contributed by atoms with van der Waals surface area (Å²) in [5.41, 5.74) is 0.403. The second-order valence-corrected chi connectivity index (χ2v) is 4.39. The van der Waals surface area contributed by atoms with Gasteiger partial charge in [0.15, 0.2) is 0 Å². The van der Waals surface area contributed by atoms with Gasteiger partial charge in [-0.1, -0.05) is 0 Å². The zero-order valence-electron chi connectivity index (χ0n) is 11.4. The van der Waals surface area contributed by atoms with Crippen LogP contribution in [-0.2, 0) is 11.3 Å². The van der Waals surface area contributed by atoms with E-state index in [0.717, 1.165) is 6.20 Å². The van der Waals surface area contributed by atoms with E-state index < -0.39 is 9.85 Å². The molecular weight excluding hydrogens is 294 g/mol. The van der Waals surface area contributed by atoms with Gasteiger partial charge in [-0.3, -0.25) is 14.9 Å². The number of hydrogen-bond donors (Lipinski definition) is 0. The average molecular weight is 305 g/mol. The number of carbonyl (C=O) groups excluding carboxylic acids is 1. The number of hydrogen-bond acceptors (Lipinski definition) is 6. The van der Waals surface area contributed by atoms with E-state index in [2.05, 4.69) is 4.98 Å². The highest BCUT2D eigenvalue weighted by Crippen LogP contribution is 2.18. The molecule has 0 N–H and O–H groups in total. The van der Waals surface area contributed by atoms with Crippen LogP contribution < -0.4 is 4.90 Å². The zero-order valence-corrected chi connectivity index (χ0v) is 11.4. The first kappa shape index (κ1) is 15.1. The number of anilines is 1. The van der Waals surface area contributed by atoms with Crippen LogP contribution in [0.1, 0.15) is 0 Å². The minimum absolute atomic E-state index is 0.0742.